The van der Waals surface area contributed by atoms with Crippen LogP contribution < -0.4 is 32.3 Å². The molecule has 1 aliphatic rings. The number of Topliss-reactive ketones (excluding diaryl/α,β-unsaturated/α-hetero) is 1. The molecule has 2 aromatic carbocycles. The predicted molar refractivity (Wildman–Crippen MR) is 275 cm³/mol. The summed E-state index contributed by atoms with van der Waals surface area (Å²) < 4.78 is 31.7. The molecule has 10 N–H and O–H groups in total. The number of carboxylic acid groups (broad SMARTS) is 2. The molecule has 0 saturated carbocycles. The Morgan fingerprint density at radius 3 is 1.99 bits per heavy atom. The SMILES string of the molecule is C[C@H](NC(=O)CN1C(=O)C=CC1=O)C(=O)C[C@H](C)C(=O)N[C@@H](CC(N)=O)C(=O)N[C@@H](CCN(C(=O)CO)[C@@H](c1cc(-c2cc(F)ccc2F)cn1Cc1ccccc1)C(C)(C)C)C(=O)NCCC(=O)N[C@@H](CCC(=O)O)C(=O)O. The van der Waals surface area contributed by atoms with Gasteiger partial charge in [0.15, 0.2) is 5.78 Å². The topological polar surface area (TPSA) is 363 Å². The van der Waals surface area contributed by atoms with Crippen LogP contribution in [0.2, 0.25) is 0 Å². The number of halogens is 2. The Hall–Kier alpha value is -8.68. The number of nitrogens with one attached hydrogen (secondary N) is 5. The molecular weight excluding hydrogens is 1040 g/mol. The predicted octanol–water partition coefficient (Wildman–Crippen LogP) is 0.590. The Bertz CT molecular complexity index is 2820. The molecule has 0 saturated heterocycles. The van der Waals surface area contributed by atoms with Gasteiger partial charge in [-0.05, 0) is 55.0 Å². The first-order valence-corrected chi connectivity index (χ1v) is 25.0. The molecule has 1 aliphatic heterocycles. The number of imide groups is 1. The molecule has 9 amide bonds. The van der Waals surface area contributed by atoms with Crippen molar-refractivity contribution in [1.82, 2.24) is 41.0 Å². The van der Waals surface area contributed by atoms with Gasteiger partial charge in [0.05, 0.1) is 18.5 Å². The van der Waals surface area contributed by atoms with Crippen molar-refractivity contribution in [3.63, 3.8) is 0 Å². The highest BCUT2D eigenvalue weighted by molar-refractivity contribution is 6.14. The second kappa shape index (κ2) is 28.6. The third-order valence-electron chi connectivity index (χ3n) is 12.5. The van der Waals surface area contributed by atoms with E-state index in [2.05, 4.69) is 26.6 Å². The number of aliphatic carboxylic acids is 2. The molecule has 0 radical (unpaired) electrons. The van der Waals surface area contributed by atoms with Gasteiger partial charge in [0.25, 0.3) is 11.8 Å². The Balaban J connectivity index is 1.66. The number of nitrogens with zero attached hydrogens (tertiary/aromatic N) is 3. The van der Waals surface area contributed by atoms with Crippen molar-refractivity contribution in [2.24, 2.45) is 17.1 Å². The third kappa shape index (κ3) is 18.8. The molecule has 1 aromatic heterocycles. The summed E-state index contributed by atoms with van der Waals surface area (Å²) in [5.41, 5.74) is 5.80. The Kier molecular flexibility index (Phi) is 22.8. The van der Waals surface area contributed by atoms with E-state index in [4.69, 9.17) is 10.8 Å². The van der Waals surface area contributed by atoms with Crippen molar-refractivity contribution in [1.29, 1.82) is 0 Å². The van der Waals surface area contributed by atoms with Crippen LogP contribution in [0.3, 0.4) is 0 Å². The summed E-state index contributed by atoms with van der Waals surface area (Å²) in [7, 11) is 0. The number of ketones is 1. The minimum absolute atomic E-state index is 0.102. The zero-order chi connectivity index (χ0) is 58.9. The highest BCUT2D eigenvalue weighted by atomic mass is 19.1. The van der Waals surface area contributed by atoms with Gasteiger partial charge in [-0.3, -0.25) is 57.6 Å². The number of aromatic nitrogens is 1. The molecule has 426 valence electrons. The van der Waals surface area contributed by atoms with Crippen molar-refractivity contribution in [2.75, 3.05) is 26.2 Å². The minimum atomic E-state index is -1.82. The van der Waals surface area contributed by atoms with Crippen LogP contribution in [0.4, 0.5) is 8.78 Å². The maximum absolute atomic E-state index is 15.4. The van der Waals surface area contributed by atoms with Gasteiger partial charge in [-0.25, -0.2) is 13.6 Å². The number of carbonyl (C=O) groups is 12. The fraction of sp³-hybridized carbons (Fsp3) is 0.434. The lowest BCUT2D eigenvalue weighted by Crippen LogP contribution is -2.56. The lowest BCUT2D eigenvalue weighted by molar-refractivity contribution is -0.143. The Morgan fingerprint density at radius 2 is 1.39 bits per heavy atom. The van der Waals surface area contributed by atoms with Crippen LogP contribution in [0.25, 0.3) is 11.1 Å². The maximum atomic E-state index is 15.4. The van der Waals surface area contributed by atoms with Crippen molar-refractivity contribution < 1.29 is 81.6 Å². The van der Waals surface area contributed by atoms with E-state index in [0.717, 1.165) is 35.9 Å². The second-order valence-corrected chi connectivity index (χ2v) is 19.9. The number of hydrogen-bond acceptors (Lipinski definition) is 13. The highest BCUT2D eigenvalue weighted by Crippen LogP contribution is 2.41. The fourth-order valence-electron chi connectivity index (χ4n) is 8.52. The first-order valence-electron chi connectivity index (χ1n) is 25.0. The van der Waals surface area contributed by atoms with E-state index < -0.39 is 189 Å². The third-order valence-corrected chi connectivity index (χ3v) is 12.5. The van der Waals surface area contributed by atoms with E-state index in [1.165, 1.54) is 18.7 Å². The zero-order valence-corrected chi connectivity index (χ0v) is 44.1. The molecule has 3 aromatic rings. The summed E-state index contributed by atoms with van der Waals surface area (Å²) >= 11 is 0. The van der Waals surface area contributed by atoms with Crippen LogP contribution in [-0.4, -0.2) is 151 Å². The van der Waals surface area contributed by atoms with Crippen molar-refractivity contribution in [3.05, 3.63) is 95.8 Å². The van der Waals surface area contributed by atoms with Crippen molar-refractivity contribution in [3.8, 4) is 11.1 Å². The average Bonchev–Trinajstić information content (AvgIpc) is 4.03. The molecule has 0 spiro atoms. The summed E-state index contributed by atoms with van der Waals surface area (Å²) in [4.78, 5) is 155. The van der Waals surface area contributed by atoms with E-state index in [1.54, 1.807) is 55.8 Å². The number of carbonyl (C=O) groups excluding carboxylic acids is 10. The maximum Gasteiger partial charge on any atom is 0.326 e. The van der Waals surface area contributed by atoms with Gasteiger partial charge in [-0.2, -0.15) is 0 Å². The standard InChI is InChI=1S/C53H65F2N9O15/c1-29(21-40(66)30(2)58-43(69)27-64-44(70)14-15-45(64)71)49(75)61-38(24-41(56)67)51(77)60-36(50(76)57-19-17-42(68)59-37(52(78)79)13-16-47(73)74)18-20-63(46(72)28-65)48(53(3,4)5)39-22-32(34-23-33(54)11-12-35(34)55)26-62(39)25-31-9-7-6-8-10-31/h6-12,14-15,22-23,26,29-30,36-38,48,65H,13,16-21,24-25,27-28H2,1-5H3,(H2,56,67)(H,57,76)(H,58,69)(H,59,68)(H,60,77)(H,61,75)(H,73,74)(H,78,79)/t29-,30-,36-,37-,38-,48-/m0/s1. The van der Waals surface area contributed by atoms with E-state index >= 15 is 4.39 Å². The number of amides is 9. The van der Waals surface area contributed by atoms with Gasteiger partial charge >= 0.3 is 11.9 Å². The molecule has 79 heavy (non-hydrogen) atoms. The van der Waals surface area contributed by atoms with E-state index in [1.807, 2.05) is 12.1 Å². The molecular formula is C53H65F2N9O15. The van der Waals surface area contributed by atoms with Gasteiger partial charge in [0.1, 0.15) is 42.9 Å². The van der Waals surface area contributed by atoms with Crippen LogP contribution in [0, 0.1) is 23.0 Å². The van der Waals surface area contributed by atoms with E-state index in [9.17, 15) is 72.1 Å². The molecule has 0 aliphatic carbocycles. The number of aliphatic hydroxyl groups excluding tert-OH is 1. The van der Waals surface area contributed by atoms with E-state index in [-0.39, 0.29) is 17.7 Å². The molecule has 26 heteroatoms. The van der Waals surface area contributed by atoms with Crippen molar-refractivity contribution in [2.45, 2.75) is 110 Å². The van der Waals surface area contributed by atoms with Gasteiger partial charge in [0.2, 0.25) is 41.4 Å². The number of nitrogens with two attached hydrogens (primary N) is 1. The van der Waals surface area contributed by atoms with Crippen LogP contribution in [0.15, 0.2) is 72.9 Å². The van der Waals surface area contributed by atoms with Crippen LogP contribution in [-0.2, 0) is 64.1 Å². The first kappa shape index (κ1) is 62.9. The average molecular weight is 1110 g/mol. The highest BCUT2D eigenvalue weighted by Gasteiger charge is 2.39. The molecule has 0 bridgehead atoms. The number of hydrogen-bond donors (Lipinski definition) is 9. The van der Waals surface area contributed by atoms with Gasteiger partial charge < -0.3 is 57.1 Å². The van der Waals surface area contributed by atoms with Crippen LogP contribution >= 0.6 is 0 Å². The molecule has 24 nitrogen and oxygen atoms in total. The number of primary amides is 1. The van der Waals surface area contributed by atoms with Gasteiger partial charge in [0, 0.05) is 80.0 Å². The van der Waals surface area contributed by atoms with Crippen LogP contribution in [0.5, 0.6) is 0 Å². The Morgan fingerprint density at radius 1 is 0.747 bits per heavy atom. The summed E-state index contributed by atoms with van der Waals surface area (Å²) in [5, 5.41) is 40.7. The number of carboxylic acids is 2. The molecule has 4 rings (SSSR count). The molecule has 2 heterocycles. The molecule has 0 fully saturated rings. The van der Waals surface area contributed by atoms with E-state index in [0.29, 0.717) is 10.6 Å². The van der Waals surface area contributed by atoms with Gasteiger partial charge in [-0.15, -0.1) is 0 Å². The number of rotatable bonds is 30. The normalized spacial score (nSPS) is 14.5. The summed E-state index contributed by atoms with van der Waals surface area (Å²) in [5.74, 6) is -14.6. The summed E-state index contributed by atoms with van der Waals surface area (Å²) in [6.45, 7) is 5.29. The smallest absolute Gasteiger partial charge is 0.326 e. The van der Waals surface area contributed by atoms with Crippen molar-refractivity contribution >= 4 is 70.9 Å². The number of benzene rings is 2. The summed E-state index contributed by atoms with van der Waals surface area (Å²) in [6.07, 6.45) is 0.00319. The largest absolute Gasteiger partial charge is 0.481 e. The lowest BCUT2D eigenvalue weighted by Gasteiger charge is -2.41. The monoisotopic (exact) mass is 1110 g/mol. The molecule has 6 atom stereocenters. The number of aliphatic hydroxyl groups is 1. The minimum Gasteiger partial charge on any atom is -0.481 e. The van der Waals surface area contributed by atoms with Gasteiger partial charge in [-0.1, -0.05) is 58.0 Å². The second-order valence-electron chi connectivity index (χ2n) is 19.9. The first-order chi connectivity index (χ1) is 37.1. The lowest BCUT2D eigenvalue weighted by atomic mass is 9.82. The molecule has 0 unspecified atom stereocenters. The quantitative estimate of drug-likeness (QED) is 0.0413. The summed E-state index contributed by atoms with van der Waals surface area (Å²) in [6, 6.07) is 6.09. The zero-order valence-electron chi connectivity index (χ0n) is 44.1. The Labute approximate surface area is 452 Å². The van der Waals surface area contributed by atoms with Crippen LogP contribution in [0.1, 0.15) is 90.4 Å². The fourth-order valence-corrected chi connectivity index (χ4v) is 8.52.